The number of aromatic nitrogens is 4. The molecule has 0 aliphatic carbocycles. The maximum absolute atomic E-state index is 13.4. The summed E-state index contributed by atoms with van der Waals surface area (Å²) in [5.74, 6) is -0.0895. The zero-order valence-corrected chi connectivity index (χ0v) is 17.0. The normalized spacial score (nSPS) is 13.6. The van der Waals surface area contributed by atoms with Crippen molar-refractivity contribution in [3.63, 3.8) is 0 Å². The third-order valence-electron chi connectivity index (χ3n) is 4.79. The third-order valence-corrected chi connectivity index (χ3v) is 5.23. The molecular formula is C19H19Cl2F2N5O. The molecule has 0 bridgehead atoms. The number of nitrogens with one attached hydrogen (secondary N) is 1. The van der Waals surface area contributed by atoms with Crippen molar-refractivity contribution in [1.29, 1.82) is 0 Å². The Hall–Kier alpha value is -2.32. The van der Waals surface area contributed by atoms with Gasteiger partial charge in [-0.2, -0.15) is 10.1 Å². The minimum absolute atomic E-state index is 0.0144. The molecule has 2 heterocycles. The second-order valence-electron chi connectivity index (χ2n) is 6.80. The van der Waals surface area contributed by atoms with Crippen LogP contribution in [0, 0.1) is 5.92 Å². The van der Waals surface area contributed by atoms with Crippen molar-refractivity contribution in [3.8, 4) is 0 Å². The average molecular weight is 442 g/mol. The summed E-state index contributed by atoms with van der Waals surface area (Å²) in [6, 6.07) is 6.60. The molecule has 0 aliphatic rings. The number of fused-ring (bicyclic) bond motifs is 1. The predicted molar refractivity (Wildman–Crippen MR) is 106 cm³/mol. The molecule has 0 aliphatic heterocycles. The number of rotatable bonds is 9. The van der Waals surface area contributed by atoms with Crippen LogP contribution in [0.2, 0.25) is 10.0 Å². The highest BCUT2D eigenvalue weighted by atomic mass is 35.5. The van der Waals surface area contributed by atoms with Crippen molar-refractivity contribution in [2.45, 2.75) is 32.1 Å². The summed E-state index contributed by atoms with van der Waals surface area (Å²) in [5, 5.41) is 7.80. The summed E-state index contributed by atoms with van der Waals surface area (Å²) in [6.45, 7) is 2.46. The van der Waals surface area contributed by atoms with Crippen molar-refractivity contribution in [3.05, 3.63) is 57.6 Å². The van der Waals surface area contributed by atoms with E-state index in [1.165, 1.54) is 16.9 Å². The zero-order valence-electron chi connectivity index (χ0n) is 15.5. The fourth-order valence-corrected chi connectivity index (χ4v) is 3.95. The zero-order chi connectivity index (χ0) is 21.0. The molecule has 0 saturated heterocycles. The number of amides is 1. The first-order chi connectivity index (χ1) is 13.9. The van der Waals surface area contributed by atoms with E-state index in [-0.39, 0.29) is 23.3 Å². The Bertz CT molecular complexity index is 978. The van der Waals surface area contributed by atoms with Crippen LogP contribution in [0.4, 0.5) is 8.78 Å². The van der Waals surface area contributed by atoms with E-state index in [0.717, 1.165) is 5.56 Å². The Morgan fingerprint density at radius 2 is 1.93 bits per heavy atom. The van der Waals surface area contributed by atoms with Gasteiger partial charge in [0.25, 0.3) is 12.2 Å². The molecule has 3 rings (SSSR count). The van der Waals surface area contributed by atoms with E-state index < -0.39 is 6.43 Å². The number of nitrogens with zero attached hydrogens (tertiary/aromatic N) is 4. The molecule has 2 aromatic heterocycles. The summed E-state index contributed by atoms with van der Waals surface area (Å²) in [6.07, 6.45) is 0.316. The molecule has 1 N–H and O–H groups in total. The van der Waals surface area contributed by atoms with Crippen LogP contribution in [-0.4, -0.2) is 32.5 Å². The van der Waals surface area contributed by atoms with Gasteiger partial charge in [0, 0.05) is 22.5 Å². The molecular weight excluding hydrogens is 423 g/mol. The average Bonchev–Trinajstić information content (AvgIpc) is 3.13. The number of carbonyl (C=O) groups excluding carboxylic acids is 1. The van der Waals surface area contributed by atoms with Gasteiger partial charge in [-0.15, -0.1) is 0 Å². The van der Waals surface area contributed by atoms with Crippen LogP contribution in [0.5, 0.6) is 0 Å². The largest absolute Gasteiger partial charge is 0.359 e. The van der Waals surface area contributed by atoms with E-state index in [2.05, 4.69) is 20.4 Å². The Morgan fingerprint density at radius 3 is 2.59 bits per heavy atom. The number of alkyl halides is 2. The molecule has 6 nitrogen and oxygen atoms in total. The molecule has 2 unspecified atom stereocenters. The lowest BCUT2D eigenvalue weighted by molar-refractivity contribution is -0.109. The molecule has 0 saturated carbocycles. The minimum Gasteiger partial charge on any atom is -0.359 e. The molecule has 1 amide bonds. The number of hydrogen-bond acceptors (Lipinski definition) is 4. The van der Waals surface area contributed by atoms with E-state index >= 15 is 0 Å². The first-order valence-corrected chi connectivity index (χ1v) is 9.75. The first kappa shape index (κ1) is 21.4. The molecule has 0 radical (unpaired) electrons. The summed E-state index contributed by atoms with van der Waals surface area (Å²) >= 11 is 12.3. The predicted octanol–water partition coefficient (Wildman–Crippen LogP) is 4.47. The van der Waals surface area contributed by atoms with Crippen LogP contribution in [0.15, 0.2) is 30.6 Å². The number of benzene rings is 1. The topological polar surface area (TPSA) is 72.2 Å². The van der Waals surface area contributed by atoms with E-state index in [1.807, 2.05) is 6.92 Å². The molecule has 10 heteroatoms. The first-order valence-electron chi connectivity index (χ1n) is 8.99. The van der Waals surface area contributed by atoms with Gasteiger partial charge in [-0.3, -0.25) is 4.79 Å². The van der Waals surface area contributed by atoms with Gasteiger partial charge in [0.15, 0.2) is 0 Å². The van der Waals surface area contributed by atoms with Crippen LogP contribution in [0.25, 0.3) is 5.78 Å². The van der Waals surface area contributed by atoms with Crippen LogP contribution in [0.1, 0.15) is 42.6 Å². The molecule has 3 aromatic rings. The lowest BCUT2D eigenvalue weighted by Crippen LogP contribution is -2.22. The molecule has 154 valence electrons. The second-order valence-corrected chi connectivity index (χ2v) is 7.68. The number of carbonyl (C=O) groups is 1. The summed E-state index contributed by atoms with van der Waals surface area (Å²) in [7, 11) is 0. The smallest absolute Gasteiger partial charge is 0.280 e. The van der Waals surface area contributed by atoms with Crippen LogP contribution >= 0.6 is 23.2 Å². The molecule has 0 fully saturated rings. The van der Waals surface area contributed by atoms with Crippen molar-refractivity contribution >= 4 is 35.4 Å². The third kappa shape index (κ3) is 5.19. The van der Waals surface area contributed by atoms with Crippen molar-refractivity contribution < 1.29 is 13.6 Å². The fourth-order valence-electron chi connectivity index (χ4n) is 3.38. The summed E-state index contributed by atoms with van der Waals surface area (Å²) in [4.78, 5) is 18.5. The van der Waals surface area contributed by atoms with E-state index in [9.17, 15) is 13.6 Å². The van der Waals surface area contributed by atoms with Gasteiger partial charge < -0.3 is 5.32 Å². The van der Waals surface area contributed by atoms with Gasteiger partial charge in [0.2, 0.25) is 6.41 Å². The molecule has 0 spiro atoms. The fraction of sp³-hybridized carbons (Fsp3) is 0.368. The van der Waals surface area contributed by atoms with Crippen molar-refractivity contribution in [2.75, 3.05) is 6.54 Å². The van der Waals surface area contributed by atoms with Gasteiger partial charge in [-0.1, -0.05) is 30.1 Å². The highest BCUT2D eigenvalue weighted by molar-refractivity contribution is 6.34. The highest BCUT2D eigenvalue weighted by Gasteiger charge is 2.26. The lowest BCUT2D eigenvalue weighted by Gasteiger charge is -2.25. The van der Waals surface area contributed by atoms with Crippen LogP contribution in [0.3, 0.4) is 0 Å². The van der Waals surface area contributed by atoms with Gasteiger partial charge in [-0.25, -0.2) is 18.3 Å². The van der Waals surface area contributed by atoms with E-state index in [1.54, 1.807) is 18.2 Å². The monoisotopic (exact) mass is 441 g/mol. The van der Waals surface area contributed by atoms with Crippen LogP contribution < -0.4 is 5.32 Å². The minimum atomic E-state index is -2.73. The highest BCUT2D eigenvalue weighted by Crippen LogP contribution is 2.33. The van der Waals surface area contributed by atoms with Crippen molar-refractivity contribution in [1.82, 2.24) is 24.9 Å². The van der Waals surface area contributed by atoms with Gasteiger partial charge in [-0.05, 0) is 48.6 Å². The molecule has 1 aromatic carbocycles. The Morgan fingerprint density at radius 1 is 1.21 bits per heavy atom. The molecule has 29 heavy (non-hydrogen) atoms. The van der Waals surface area contributed by atoms with E-state index in [4.69, 9.17) is 23.2 Å². The quantitative estimate of drug-likeness (QED) is 0.392. The number of hydrogen-bond donors (Lipinski definition) is 1. The Labute approximate surface area is 176 Å². The summed E-state index contributed by atoms with van der Waals surface area (Å²) < 4.78 is 28.3. The summed E-state index contributed by atoms with van der Waals surface area (Å²) in [5.41, 5.74) is 1.08. The standard InChI is InChI=1S/C19H19Cl2F2N5O/c1-11(2-3-24-10-29)15(6-12-4-13(20)7-14(21)5-12)17-8-16(18(22)23)27-19-25-9-26-28(17)19/h4-5,7-11,15,18H,2-3,6H2,1H3,(H,24,29). The Kier molecular flexibility index (Phi) is 6.97. The van der Waals surface area contributed by atoms with Gasteiger partial charge >= 0.3 is 0 Å². The maximum Gasteiger partial charge on any atom is 0.280 e. The second kappa shape index (κ2) is 9.45. The van der Waals surface area contributed by atoms with Gasteiger partial charge in [0.1, 0.15) is 12.0 Å². The maximum atomic E-state index is 13.4. The molecule has 2 atom stereocenters. The van der Waals surface area contributed by atoms with E-state index in [0.29, 0.717) is 41.5 Å². The van der Waals surface area contributed by atoms with Crippen LogP contribution in [-0.2, 0) is 11.2 Å². The Balaban J connectivity index is 2.05. The van der Waals surface area contributed by atoms with Gasteiger partial charge in [0.05, 0.1) is 5.69 Å². The lowest BCUT2D eigenvalue weighted by atomic mass is 9.83. The SMILES string of the molecule is CC(CCNC=O)C(Cc1cc(Cl)cc(Cl)c1)c1cc(C(F)F)nc2ncnn12. The van der Waals surface area contributed by atoms with Crippen molar-refractivity contribution in [2.24, 2.45) is 5.92 Å². The number of halogens is 4.